The van der Waals surface area contributed by atoms with Crippen LogP contribution in [-0.2, 0) is 4.57 Å². The first-order valence-electron chi connectivity index (χ1n) is 9.91. The molecule has 0 radical (unpaired) electrons. The van der Waals surface area contributed by atoms with Gasteiger partial charge < -0.3 is 25.0 Å². The lowest BCUT2D eigenvalue weighted by molar-refractivity contribution is 0.409. The van der Waals surface area contributed by atoms with Crippen LogP contribution in [0.1, 0.15) is 5.56 Å². The summed E-state index contributed by atoms with van der Waals surface area (Å²) in [6.45, 7) is 5.18. The monoisotopic (exact) mass is 528 g/mol. The molecule has 4 aromatic rings. The number of fused-ring (bicyclic) bond motifs is 1. The van der Waals surface area contributed by atoms with Crippen LogP contribution in [-0.4, -0.2) is 45.5 Å². The Morgan fingerprint density at radius 2 is 1.82 bits per heavy atom. The molecule has 0 aliphatic carbocycles. The van der Waals surface area contributed by atoms with Crippen LogP contribution < -0.4 is 20.7 Å². The van der Waals surface area contributed by atoms with Gasteiger partial charge in [-0.2, -0.15) is 4.98 Å². The number of hydrogen-bond acceptors (Lipinski definition) is 9. The molecular weight excluding hydrogens is 507 g/mol. The maximum atomic E-state index is 13.2. The largest absolute Gasteiger partial charge is 0.508 e. The van der Waals surface area contributed by atoms with Gasteiger partial charge in [0.1, 0.15) is 30.0 Å². The molecule has 0 saturated carbocycles. The molecule has 0 aliphatic heterocycles. The third-order valence-electron chi connectivity index (χ3n) is 4.91. The minimum Gasteiger partial charge on any atom is -0.508 e. The lowest BCUT2D eigenvalue weighted by Gasteiger charge is -2.18. The summed E-state index contributed by atoms with van der Waals surface area (Å²) in [5.74, 6) is 1.36. The average molecular weight is 529 g/mol. The van der Waals surface area contributed by atoms with Crippen LogP contribution in [0.3, 0.4) is 0 Å². The van der Waals surface area contributed by atoms with E-state index in [0.29, 0.717) is 55.3 Å². The number of ether oxygens (including phenoxy) is 1. The first-order chi connectivity index (χ1) is 15.7. The van der Waals surface area contributed by atoms with Gasteiger partial charge in [-0.25, -0.2) is 4.98 Å². The van der Waals surface area contributed by atoms with E-state index in [1.54, 1.807) is 44.9 Å². The highest BCUT2D eigenvalue weighted by Crippen LogP contribution is 2.41. The minimum atomic E-state index is -2.72. The summed E-state index contributed by atoms with van der Waals surface area (Å²) >= 11 is 3.48. The van der Waals surface area contributed by atoms with Crippen molar-refractivity contribution in [1.29, 1.82) is 0 Å². The van der Waals surface area contributed by atoms with Crippen LogP contribution in [0.2, 0.25) is 0 Å². The van der Waals surface area contributed by atoms with Crippen molar-refractivity contribution in [2.24, 2.45) is 0 Å². The van der Waals surface area contributed by atoms with E-state index in [4.69, 9.17) is 4.74 Å². The molecule has 0 spiro atoms. The minimum absolute atomic E-state index is 0.131. The zero-order chi connectivity index (χ0) is 23.8. The summed E-state index contributed by atoms with van der Waals surface area (Å²) in [6, 6.07) is 6.91. The number of aromatic hydroxyl groups is 1. The fraction of sp³-hybridized carbons (Fsp3) is 0.182. The van der Waals surface area contributed by atoms with Gasteiger partial charge in [-0.05, 0) is 59.9 Å². The molecule has 3 N–H and O–H groups in total. The van der Waals surface area contributed by atoms with Gasteiger partial charge in [-0.3, -0.25) is 9.97 Å². The number of aryl methyl sites for hydroxylation is 1. The second-order valence-electron chi connectivity index (χ2n) is 7.72. The number of benzene rings is 2. The molecular formula is C22H22BrN6O3P. The Balaban J connectivity index is 1.74. The van der Waals surface area contributed by atoms with E-state index < -0.39 is 7.14 Å². The molecule has 4 rings (SSSR count). The second-order valence-corrected chi connectivity index (χ2v) is 11.7. The number of phenolic OH excluding ortho intramolecular Hbond substituents is 1. The van der Waals surface area contributed by atoms with Gasteiger partial charge in [0.05, 0.1) is 33.8 Å². The fourth-order valence-corrected chi connectivity index (χ4v) is 5.06. The first kappa shape index (κ1) is 22.9. The highest BCUT2D eigenvalue weighted by Gasteiger charge is 2.22. The van der Waals surface area contributed by atoms with Crippen LogP contribution in [0.15, 0.2) is 47.3 Å². The number of phenols is 1. The number of hydrogen-bond donors (Lipinski definition) is 3. The van der Waals surface area contributed by atoms with Crippen molar-refractivity contribution in [2.75, 3.05) is 31.1 Å². The summed E-state index contributed by atoms with van der Waals surface area (Å²) < 4.78 is 19.1. The van der Waals surface area contributed by atoms with E-state index in [9.17, 15) is 9.67 Å². The van der Waals surface area contributed by atoms with E-state index in [1.807, 2.05) is 12.1 Å². The van der Waals surface area contributed by atoms with E-state index in [-0.39, 0.29) is 5.75 Å². The summed E-state index contributed by atoms with van der Waals surface area (Å²) in [4.78, 5) is 17.6. The molecule has 0 bridgehead atoms. The molecule has 0 unspecified atom stereocenters. The van der Waals surface area contributed by atoms with E-state index in [1.165, 1.54) is 13.2 Å². The number of rotatable bonds is 6. The molecule has 2 heterocycles. The first-order valence-corrected chi connectivity index (χ1v) is 13.3. The Morgan fingerprint density at radius 1 is 1.06 bits per heavy atom. The quantitative estimate of drug-likeness (QED) is 0.236. The molecule has 0 amide bonds. The lowest BCUT2D eigenvalue weighted by atomic mass is 10.2. The Labute approximate surface area is 199 Å². The smallest absolute Gasteiger partial charge is 0.229 e. The molecule has 0 aliphatic rings. The molecule has 170 valence electrons. The number of nitrogens with zero attached hydrogens (tertiary/aromatic N) is 4. The van der Waals surface area contributed by atoms with Crippen molar-refractivity contribution in [2.45, 2.75) is 6.92 Å². The predicted octanol–water partition coefficient (Wildman–Crippen LogP) is 4.94. The summed E-state index contributed by atoms with van der Waals surface area (Å²) in [6.07, 6.45) is 4.80. The van der Waals surface area contributed by atoms with Crippen LogP contribution in [0.5, 0.6) is 11.5 Å². The van der Waals surface area contributed by atoms with E-state index in [0.717, 1.165) is 0 Å². The summed E-state index contributed by atoms with van der Waals surface area (Å²) in [7, 11) is -1.20. The van der Waals surface area contributed by atoms with Crippen LogP contribution >= 0.6 is 23.1 Å². The van der Waals surface area contributed by atoms with Gasteiger partial charge in [-0.1, -0.05) is 0 Å². The van der Waals surface area contributed by atoms with Crippen molar-refractivity contribution in [3.05, 3.63) is 52.9 Å². The number of halogens is 1. The van der Waals surface area contributed by atoms with Gasteiger partial charge in [0, 0.05) is 24.7 Å². The zero-order valence-electron chi connectivity index (χ0n) is 18.4. The van der Waals surface area contributed by atoms with Gasteiger partial charge in [0.25, 0.3) is 0 Å². The van der Waals surface area contributed by atoms with Gasteiger partial charge in [0.2, 0.25) is 5.95 Å². The van der Waals surface area contributed by atoms with Crippen molar-refractivity contribution < 1.29 is 14.4 Å². The maximum absolute atomic E-state index is 13.2. The zero-order valence-corrected chi connectivity index (χ0v) is 20.9. The predicted molar refractivity (Wildman–Crippen MR) is 134 cm³/mol. The third kappa shape index (κ3) is 4.77. The molecule has 33 heavy (non-hydrogen) atoms. The Morgan fingerprint density at radius 3 is 2.55 bits per heavy atom. The molecule has 9 nitrogen and oxygen atoms in total. The van der Waals surface area contributed by atoms with Crippen molar-refractivity contribution in [3.63, 3.8) is 0 Å². The van der Waals surface area contributed by atoms with Crippen molar-refractivity contribution >= 4 is 62.6 Å². The van der Waals surface area contributed by atoms with Crippen molar-refractivity contribution in [3.8, 4) is 11.5 Å². The Hall–Kier alpha value is -3.23. The fourth-order valence-electron chi connectivity index (χ4n) is 3.37. The van der Waals surface area contributed by atoms with Gasteiger partial charge >= 0.3 is 0 Å². The molecule has 2 aromatic carbocycles. The molecule has 11 heteroatoms. The highest BCUT2D eigenvalue weighted by molar-refractivity contribution is 9.10. The number of nitrogens with one attached hydrogen (secondary N) is 2. The van der Waals surface area contributed by atoms with E-state index >= 15 is 0 Å². The van der Waals surface area contributed by atoms with Gasteiger partial charge in [-0.15, -0.1) is 0 Å². The van der Waals surface area contributed by atoms with Crippen molar-refractivity contribution in [1.82, 2.24) is 19.9 Å². The number of aromatic nitrogens is 4. The number of anilines is 4. The molecule has 0 fully saturated rings. The standard InChI is InChI=1S/C22H22BrN6O3P/c1-12-9-16(18(32-2)10-17(12)30)28-22-26-11-13(23)21(29-22)27-15-6-5-14-19(25-8-7-24-14)20(15)33(3,4)31/h5-11,30H,1-4H3,(H2,26,27,28,29). The normalized spacial score (nSPS) is 11.4. The Bertz CT molecular complexity index is 1410. The summed E-state index contributed by atoms with van der Waals surface area (Å²) in [5, 5.41) is 16.9. The Kier molecular flexibility index (Phi) is 6.23. The SMILES string of the molecule is COc1cc(O)c(C)cc1Nc1ncc(Br)c(Nc2ccc3nccnc3c2P(C)(C)=O)n1. The van der Waals surface area contributed by atoms with Gasteiger partial charge in [0.15, 0.2) is 0 Å². The van der Waals surface area contributed by atoms with Crippen LogP contribution in [0.4, 0.5) is 23.1 Å². The second kappa shape index (κ2) is 8.96. The molecule has 2 aromatic heterocycles. The average Bonchev–Trinajstić information content (AvgIpc) is 2.77. The van der Waals surface area contributed by atoms with Crippen LogP contribution in [0.25, 0.3) is 11.0 Å². The third-order valence-corrected chi connectivity index (χ3v) is 7.02. The number of methoxy groups -OCH3 is 1. The lowest BCUT2D eigenvalue weighted by Crippen LogP contribution is -2.14. The summed E-state index contributed by atoms with van der Waals surface area (Å²) in [5.41, 5.74) is 3.16. The highest BCUT2D eigenvalue weighted by atomic mass is 79.9. The molecule has 0 saturated heterocycles. The maximum Gasteiger partial charge on any atom is 0.229 e. The van der Waals surface area contributed by atoms with Crippen LogP contribution in [0, 0.1) is 6.92 Å². The molecule has 0 atom stereocenters. The van der Waals surface area contributed by atoms with E-state index in [2.05, 4.69) is 46.5 Å². The topological polar surface area (TPSA) is 122 Å².